The second-order valence-electron chi connectivity index (χ2n) is 3.84. The van der Waals surface area contributed by atoms with E-state index in [2.05, 4.69) is 0 Å². The molecule has 0 aromatic heterocycles. The van der Waals surface area contributed by atoms with Gasteiger partial charge in [0.05, 0.1) is 0 Å². The second-order valence-corrected chi connectivity index (χ2v) is 3.84. The molecule has 2 N–H and O–H groups in total. The Morgan fingerprint density at radius 1 is 1.06 bits per heavy atom. The summed E-state index contributed by atoms with van der Waals surface area (Å²) in [6.45, 7) is 0. The molecule has 0 aliphatic heterocycles. The van der Waals surface area contributed by atoms with E-state index in [0.29, 0.717) is 5.32 Å². The van der Waals surface area contributed by atoms with E-state index in [9.17, 15) is 35.9 Å². The summed E-state index contributed by atoms with van der Waals surface area (Å²) in [5.41, 5.74) is -3.88. The normalized spacial score (nSPS) is 20.1. The summed E-state index contributed by atoms with van der Waals surface area (Å²) in [4.78, 5) is 21.3. The number of halogens is 6. The zero-order valence-electron chi connectivity index (χ0n) is 8.52. The standard InChI is InChI=1S/C8H7F6NO3/c9-7(10,11)4(16)15-6(5(17)18,3-1-2-3)8(12,13)14/h3H,1-2H2,(H,15,16)(H,17,18). The number of carbonyl (C=O) groups excluding carboxylic acids is 1. The highest BCUT2D eigenvalue weighted by Gasteiger charge is 2.70. The van der Waals surface area contributed by atoms with Crippen LogP contribution in [0.25, 0.3) is 0 Å². The van der Waals surface area contributed by atoms with Crippen LogP contribution in [-0.4, -0.2) is 34.9 Å². The van der Waals surface area contributed by atoms with Crippen LogP contribution in [0.3, 0.4) is 0 Å². The lowest BCUT2D eigenvalue weighted by atomic mass is 9.92. The van der Waals surface area contributed by atoms with E-state index in [1.54, 1.807) is 0 Å². The summed E-state index contributed by atoms with van der Waals surface area (Å²) >= 11 is 0. The van der Waals surface area contributed by atoms with Gasteiger partial charge in [0.1, 0.15) is 0 Å². The van der Waals surface area contributed by atoms with Crippen molar-refractivity contribution < 1.29 is 41.0 Å². The van der Waals surface area contributed by atoms with Gasteiger partial charge in [-0.15, -0.1) is 0 Å². The van der Waals surface area contributed by atoms with Crippen LogP contribution in [-0.2, 0) is 9.59 Å². The van der Waals surface area contributed by atoms with Crippen LogP contribution in [0.1, 0.15) is 12.8 Å². The number of carbonyl (C=O) groups is 2. The van der Waals surface area contributed by atoms with Crippen LogP contribution in [0, 0.1) is 5.92 Å². The van der Waals surface area contributed by atoms with Crippen LogP contribution >= 0.6 is 0 Å². The fourth-order valence-corrected chi connectivity index (χ4v) is 1.52. The van der Waals surface area contributed by atoms with E-state index in [4.69, 9.17) is 5.11 Å². The van der Waals surface area contributed by atoms with Gasteiger partial charge in [0.2, 0.25) is 5.54 Å². The maximum atomic E-state index is 12.7. The Morgan fingerprint density at radius 3 is 1.72 bits per heavy atom. The van der Waals surface area contributed by atoms with Gasteiger partial charge in [-0.05, 0) is 12.8 Å². The summed E-state index contributed by atoms with van der Waals surface area (Å²) in [6, 6.07) is 0. The van der Waals surface area contributed by atoms with Gasteiger partial charge in [-0.3, -0.25) is 4.79 Å². The fourth-order valence-electron chi connectivity index (χ4n) is 1.52. The zero-order valence-corrected chi connectivity index (χ0v) is 8.52. The summed E-state index contributed by atoms with van der Waals surface area (Å²) < 4.78 is 73.9. The van der Waals surface area contributed by atoms with Crippen molar-refractivity contribution in [2.45, 2.75) is 30.7 Å². The molecule has 1 atom stereocenters. The molecule has 1 rings (SSSR count). The first kappa shape index (κ1) is 14.6. The molecule has 1 saturated carbocycles. The highest BCUT2D eigenvalue weighted by atomic mass is 19.4. The van der Waals surface area contributed by atoms with Crippen molar-refractivity contribution in [1.29, 1.82) is 0 Å². The third kappa shape index (κ3) is 2.36. The van der Waals surface area contributed by atoms with Gasteiger partial charge in [-0.1, -0.05) is 0 Å². The van der Waals surface area contributed by atoms with Crippen molar-refractivity contribution in [2.24, 2.45) is 5.92 Å². The van der Waals surface area contributed by atoms with E-state index >= 15 is 0 Å². The highest BCUT2D eigenvalue weighted by Crippen LogP contribution is 2.48. The first-order chi connectivity index (χ1) is 7.93. The number of carboxylic acids is 1. The minimum Gasteiger partial charge on any atom is -0.479 e. The van der Waals surface area contributed by atoms with Crippen molar-refractivity contribution in [2.75, 3.05) is 0 Å². The first-order valence-corrected chi connectivity index (χ1v) is 4.62. The van der Waals surface area contributed by atoms with Crippen LogP contribution in [0.15, 0.2) is 0 Å². The Labute approximate surface area is 95.9 Å². The average molecular weight is 279 g/mol. The lowest BCUT2D eigenvalue weighted by Crippen LogP contribution is -2.67. The second kappa shape index (κ2) is 4.02. The lowest BCUT2D eigenvalue weighted by molar-refractivity contribution is -0.222. The molecule has 1 fully saturated rings. The summed E-state index contributed by atoms with van der Waals surface area (Å²) in [5, 5.41) is 9.17. The van der Waals surface area contributed by atoms with Crippen LogP contribution in [0.4, 0.5) is 26.3 Å². The molecule has 1 unspecified atom stereocenters. The zero-order chi connectivity index (χ0) is 14.4. The monoisotopic (exact) mass is 279 g/mol. The number of hydrogen-bond donors (Lipinski definition) is 2. The lowest BCUT2D eigenvalue weighted by Gasteiger charge is -2.32. The number of nitrogens with one attached hydrogen (secondary N) is 1. The van der Waals surface area contributed by atoms with Gasteiger partial charge < -0.3 is 10.4 Å². The van der Waals surface area contributed by atoms with Crippen molar-refractivity contribution in [3.8, 4) is 0 Å². The molecule has 0 aromatic rings. The van der Waals surface area contributed by atoms with Crippen LogP contribution < -0.4 is 5.32 Å². The van der Waals surface area contributed by atoms with Gasteiger partial charge in [0.15, 0.2) is 0 Å². The molecule has 10 heteroatoms. The molecule has 0 spiro atoms. The summed E-state index contributed by atoms with van der Waals surface area (Å²) in [7, 11) is 0. The van der Waals surface area contributed by atoms with Gasteiger partial charge >= 0.3 is 24.2 Å². The molecule has 0 radical (unpaired) electrons. The molecule has 0 heterocycles. The topological polar surface area (TPSA) is 66.4 Å². The van der Waals surface area contributed by atoms with E-state index < -0.39 is 35.7 Å². The Balaban J connectivity index is 3.13. The van der Waals surface area contributed by atoms with Crippen LogP contribution in [0.5, 0.6) is 0 Å². The largest absolute Gasteiger partial charge is 0.479 e. The SMILES string of the molecule is O=C(NC(C(=O)O)(C1CC1)C(F)(F)F)C(F)(F)F. The van der Waals surface area contributed by atoms with E-state index in [0.717, 1.165) is 0 Å². The maximum absolute atomic E-state index is 12.7. The van der Waals surface area contributed by atoms with Gasteiger partial charge in [0.25, 0.3) is 0 Å². The smallest absolute Gasteiger partial charge is 0.471 e. The predicted molar refractivity (Wildman–Crippen MR) is 43.3 cm³/mol. The van der Waals surface area contributed by atoms with Crippen molar-refractivity contribution in [3.63, 3.8) is 0 Å². The Bertz CT molecular complexity index is 372. The Hall–Kier alpha value is -1.48. The Kier molecular flexibility index (Phi) is 3.26. The summed E-state index contributed by atoms with van der Waals surface area (Å²) in [5.74, 6) is -7.05. The van der Waals surface area contributed by atoms with E-state index in [1.165, 1.54) is 0 Å². The molecular formula is C8H7F6NO3. The minimum absolute atomic E-state index is 0.218. The molecule has 104 valence electrons. The fraction of sp³-hybridized carbons (Fsp3) is 0.750. The third-order valence-electron chi connectivity index (χ3n) is 2.54. The molecule has 1 amide bonds. The maximum Gasteiger partial charge on any atom is 0.471 e. The molecule has 18 heavy (non-hydrogen) atoms. The average Bonchev–Trinajstić information content (AvgIpc) is 2.92. The molecule has 0 saturated heterocycles. The molecule has 4 nitrogen and oxygen atoms in total. The van der Waals surface area contributed by atoms with Gasteiger partial charge in [-0.2, -0.15) is 26.3 Å². The number of carboxylic acid groups (broad SMARTS) is 1. The Morgan fingerprint density at radius 2 is 1.50 bits per heavy atom. The molecular weight excluding hydrogens is 272 g/mol. The molecule has 0 bridgehead atoms. The first-order valence-electron chi connectivity index (χ1n) is 4.62. The molecule has 1 aliphatic carbocycles. The van der Waals surface area contributed by atoms with Crippen LogP contribution in [0.2, 0.25) is 0 Å². The minimum atomic E-state index is -5.58. The summed E-state index contributed by atoms with van der Waals surface area (Å²) in [6.07, 6.45) is -11.5. The van der Waals surface area contributed by atoms with Crippen molar-refractivity contribution in [1.82, 2.24) is 5.32 Å². The highest BCUT2D eigenvalue weighted by molar-refractivity contribution is 5.91. The molecule has 0 aromatic carbocycles. The van der Waals surface area contributed by atoms with E-state index in [1.807, 2.05) is 0 Å². The third-order valence-corrected chi connectivity index (χ3v) is 2.54. The predicted octanol–water partition coefficient (Wildman–Crippen LogP) is 1.46. The van der Waals surface area contributed by atoms with Gasteiger partial charge in [0, 0.05) is 5.92 Å². The quantitative estimate of drug-likeness (QED) is 0.769. The number of rotatable bonds is 3. The van der Waals surface area contributed by atoms with Gasteiger partial charge in [-0.25, -0.2) is 4.79 Å². The number of aliphatic carboxylic acids is 1. The van der Waals surface area contributed by atoms with Crippen molar-refractivity contribution in [3.05, 3.63) is 0 Å². The number of amides is 1. The van der Waals surface area contributed by atoms with Crippen molar-refractivity contribution >= 4 is 11.9 Å². The number of alkyl halides is 6. The number of hydrogen-bond acceptors (Lipinski definition) is 2. The van der Waals surface area contributed by atoms with E-state index in [-0.39, 0.29) is 12.8 Å². The molecule has 1 aliphatic rings.